The topological polar surface area (TPSA) is 91.3 Å². The molecule has 2 heterocycles. The predicted octanol–water partition coefficient (Wildman–Crippen LogP) is 3.40. The lowest BCUT2D eigenvalue weighted by Crippen LogP contribution is -2.49. The minimum atomic E-state index is -0.343. The predicted molar refractivity (Wildman–Crippen MR) is 143 cm³/mol. The van der Waals surface area contributed by atoms with Crippen LogP contribution in [0.4, 0.5) is 5.69 Å². The first-order valence-corrected chi connectivity index (χ1v) is 13.2. The summed E-state index contributed by atoms with van der Waals surface area (Å²) in [6, 6.07) is 15.2. The highest BCUT2D eigenvalue weighted by Crippen LogP contribution is 2.35. The van der Waals surface area contributed by atoms with Crippen molar-refractivity contribution in [2.24, 2.45) is 11.8 Å². The molecule has 8 nitrogen and oxygen atoms in total. The standard InChI is InChI=1S/C29H39N3O5/c1-20-16-32(21(2)19-33)29(35)24-10-7-11-25(30-28(34)23-12-14-36-15-13-23)27(24)37-26(20)18-31(3)17-22-8-5-4-6-9-22/h4-11,20-21,23,26,33H,12-19H2,1-3H3,(H,30,34)/t20-,21+,26-/m0/s1. The Kier molecular flexibility index (Phi) is 9.18. The van der Waals surface area contributed by atoms with Crippen LogP contribution < -0.4 is 10.1 Å². The molecular formula is C29H39N3O5. The molecule has 0 unspecified atom stereocenters. The highest BCUT2D eigenvalue weighted by Gasteiger charge is 2.35. The van der Waals surface area contributed by atoms with Crippen LogP contribution in [0.1, 0.15) is 42.6 Å². The third-order valence-electron chi connectivity index (χ3n) is 7.33. The van der Waals surface area contributed by atoms with Crippen LogP contribution in [-0.2, 0) is 16.1 Å². The van der Waals surface area contributed by atoms with Crippen molar-refractivity contribution in [2.45, 2.75) is 45.4 Å². The lowest BCUT2D eigenvalue weighted by Gasteiger charge is -2.38. The zero-order chi connectivity index (χ0) is 26.4. The number of rotatable bonds is 8. The second-order valence-electron chi connectivity index (χ2n) is 10.4. The van der Waals surface area contributed by atoms with Gasteiger partial charge in [0.2, 0.25) is 5.91 Å². The number of aliphatic hydroxyl groups excluding tert-OH is 1. The second kappa shape index (κ2) is 12.5. The molecule has 0 aromatic heterocycles. The van der Waals surface area contributed by atoms with Crippen molar-refractivity contribution in [3.05, 3.63) is 59.7 Å². The first-order valence-electron chi connectivity index (χ1n) is 13.2. The molecule has 200 valence electrons. The Morgan fingerprint density at radius 1 is 1.16 bits per heavy atom. The van der Waals surface area contributed by atoms with Crippen LogP contribution in [0.3, 0.4) is 0 Å². The molecule has 0 aliphatic carbocycles. The summed E-state index contributed by atoms with van der Waals surface area (Å²) in [4.78, 5) is 30.6. The van der Waals surface area contributed by atoms with Crippen LogP contribution in [0.5, 0.6) is 5.75 Å². The van der Waals surface area contributed by atoms with Crippen molar-refractivity contribution in [3.8, 4) is 5.75 Å². The number of hydrogen-bond donors (Lipinski definition) is 2. The summed E-state index contributed by atoms with van der Waals surface area (Å²) >= 11 is 0. The highest BCUT2D eigenvalue weighted by atomic mass is 16.5. The van der Waals surface area contributed by atoms with Crippen molar-refractivity contribution in [3.63, 3.8) is 0 Å². The van der Waals surface area contributed by atoms with Crippen LogP contribution in [0.15, 0.2) is 48.5 Å². The lowest BCUT2D eigenvalue weighted by atomic mass is 9.98. The number of hydrogen-bond acceptors (Lipinski definition) is 6. The third kappa shape index (κ3) is 6.69. The SMILES string of the molecule is C[C@H](CO)N1C[C@H](C)[C@H](CN(C)Cc2ccccc2)Oc2c(NC(=O)C3CCOCC3)cccc2C1=O. The molecule has 4 rings (SSSR count). The number of likely N-dealkylation sites (N-methyl/N-ethyl adjacent to an activating group) is 1. The fourth-order valence-electron chi connectivity index (χ4n) is 5.02. The molecule has 3 atom stereocenters. The van der Waals surface area contributed by atoms with Gasteiger partial charge in [0.25, 0.3) is 5.91 Å². The van der Waals surface area contributed by atoms with Gasteiger partial charge in [0.15, 0.2) is 5.75 Å². The van der Waals surface area contributed by atoms with E-state index >= 15 is 0 Å². The maximum Gasteiger partial charge on any atom is 0.258 e. The molecule has 37 heavy (non-hydrogen) atoms. The van der Waals surface area contributed by atoms with Gasteiger partial charge in [-0.05, 0) is 44.5 Å². The van der Waals surface area contributed by atoms with E-state index < -0.39 is 0 Å². The monoisotopic (exact) mass is 509 g/mol. The van der Waals surface area contributed by atoms with E-state index in [0.717, 1.165) is 6.54 Å². The van der Waals surface area contributed by atoms with Gasteiger partial charge in [-0.1, -0.05) is 43.3 Å². The Morgan fingerprint density at radius 3 is 2.59 bits per heavy atom. The van der Waals surface area contributed by atoms with E-state index in [1.807, 2.05) is 25.1 Å². The minimum Gasteiger partial charge on any atom is -0.486 e. The molecule has 2 N–H and O–H groups in total. The van der Waals surface area contributed by atoms with Crippen LogP contribution in [0.25, 0.3) is 0 Å². The molecule has 0 bridgehead atoms. The molecular weight excluding hydrogens is 470 g/mol. The summed E-state index contributed by atoms with van der Waals surface area (Å²) in [7, 11) is 2.06. The molecule has 0 saturated carbocycles. The number of anilines is 1. The quantitative estimate of drug-likeness (QED) is 0.567. The summed E-state index contributed by atoms with van der Waals surface area (Å²) in [6.07, 6.45) is 1.11. The Labute approximate surface area is 219 Å². The number of carbonyl (C=O) groups excluding carboxylic acids is 2. The maximum absolute atomic E-state index is 13.6. The van der Waals surface area contributed by atoms with E-state index in [4.69, 9.17) is 9.47 Å². The number of amides is 2. The van der Waals surface area contributed by atoms with Crippen molar-refractivity contribution >= 4 is 17.5 Å². The number of nitrogens with one attached hydrogen (secondary N) is 1. The number of benzene rings is 2. The molecule has 2 amide bonds. The van der Waals surface area contributed by atoms with Gasteiger partial charge in [-0.25, -0.2) is 0 Å². The van der Waals surface area contributed by atoms with Crippen molar-refractivity contribution in [1.82, 2.24) is 9.80 Å². The van der Waals surface area contributed by atoms with Crippen molar-refractivity contribution in [2.75, 3.05) is 45.3 Å². The van der Waals surface area contributed by atoms with Gasteiger partial charge in [-0.2, -0.15) is 0 Å². The minimum absolute atomic E-state index is 0.0106. The van der Waals surface area contributed by atoms with E-state index in [2.05, 4.69) is 36.3 Å². The summed E-state index contributed by atoms with van der Waals surface area (Å²) in [6.45, 7) is 6.78. The number of aliphatic hydroxyl groups is 1. The Balaban J connectivity index is 1.63. The molecule has 8 heteroatoms. The zero-order valence-corrected chi connectivity index (χ0v) is 22.1. The first-order chi connectivity index (χ1) is 17.9. The Hall–Kier alpha value is -2.94. The third-order valence-corrected chi connectivity index (χ3v) is 7.33. The average molecular weight is 510 g/mol. The van der Waals surface area contributed by atoms with Gasteiger partial charge in [0.1, 0.15) is 6.10 Å². The fourth-order valence-corrected chi connectivity index (χ4v) is 5.02. The summed E-state index contributed by atoms with van der Waals surface area (Å²) in [5.41, 5.74) is 2.11. The number of carbonyl (C=O) groups is 2. The maximum atomic E-state index is 13.6. The molecule has 0 spiro atoms. The molecule has 1 saturated heterocycles. The Bertz CT molecular complexity index is 1060. The summed E-state index contributed by atoms with van der Waals surface area (Å²) in [5.74, 6) is -0.0365. The number of ether oxygens (including phenoxy) is 2. The number of para-hydroxylation sites is 1. The smallest absolute Gasteiger partial charge is 0.258 e. The molecule has 2 aliphatic rings. The zero-order valence-electron chi connectivity index (χ0n) is 22.1. The fraction of sp³-hybridized carbons (Fsp3) is 0.517. The molecule has 2 aromatic rings. The molecule has 0 radical (unpaired) electrons. The summed E-state index contributed by atoms with van der Waals surface area (Å²) in [5, 5.41) is 12.9. The summed E-state index contributed by atoms with van der Waals surface area (Å²) < 4.78 is 12.0. The van der Waals surface area contributed by atoms with Crippen molar-refractivity contribution in [1.29, 1.82) is 0 Å². The largest absolute Gasteiger partial charge is 0.486 e. The Morgan fingerprint density at radius 2 is 1.89 bits per heavy atom. The lowest BCUT2D eigenvalue weighted by molar-refractivity contribution is -0.122. The first kappa shape index (κ1) is 27.1. The van der Waals surface area contributed by atoms with E-state index in [0.29, 0.717) is 56.1 Å². The van der Waals surface area contributed by atoms with Gasteiger partial charge in [0, 0.05) is 44.7 Å². The average Bonchev–Trinajstić information content (AvgIpc) is 2.91. The number of fused-ring (bicyclic) bond motifs is 1. The molecule has 1 fully saturated rings. The van der Waals surface area contributed by atoms with Gasteiger partial charge in [-0.15, -0.1) is 0 Å². The van der Waals surface area contributed by atoms with Crippen LogP contribution in [0, 0.1) is 11.8 Å². The van der Waals surface area contributed by atoms with Gasteiger partial charge in [-0.3, -0.25) is 14.5 Å². The van der Waals surface area contributed by atoms with Gasteiger partial charge < -0.3 is 24.8 Å². The van der Waals surface area contributed by atoms with E-state index in [1.165, 1.54) is 5.56 Å². The van der Waals surface area contributed by atoms with E-state index in [9.17, 15) is 14.7 Å². The number of nitrogens with zero attached hydrogens (tertiary/aromatic N) is 2. The van der Waals surface area contributed by atoms with E-state index in [1.54, 1.807) is 23.1 Å². The van der Waals surface area contributed by atoms with Crippen LogP contribution in [0.2, 0.25) is 0 Å². The van der Waals surface area contributed by atoms with Gasteiger partial charge in [0.05, 0.1) is 23.9 Å². The van der Waals surface area contributed by atoms with Crippen molar-refractivity contribution < 1.29 is 24.2 Å². The van der Waals surface area contributed by atoms with Crippen LogP contribution >= 0.6 is 0 Å². The second-order valence-corrected chi connectivity index (χ2v) is 10.4. The highest BCUT2D eigenvalue weighted by molar-refractivity contribution is 6.02. The molecule has 2 aromatic carbocycles. The van der Waals surface area contributed by atoms with Crippen LogP contribution in [-0.4, -0.2) is 78.8 Å². The normalized spacial score (nSPS) is 21.5. The van der Waals surface area contributed by atoms with E-state index in [-0.39, 0.29) is 42.4 Å². The molecule has 2 aliphatic heterocycles. The van der Waals surface area contributed by atoms with Gasteiger partial charge >= 0.3 is 0 Å².